The third kappa shape index (κ3) is 6.51. The number of likely N-dealkylation sites (tertiary alicyclic amines) is 1. The van der Waals surface area contributed by atoms with Crippen LogP contribution in [0.4, 0.5) is 0 Å². The molecule has 1 saturated heterocycles. The molecule has 6 heteroatoms. The Morgan fingerprint density at radius 3 is 2.27 bits per heavy atom. The summed E-state index contributed by atoms with van der Waals surface area (Å²) in [6.45, 7) is 6.80. The summed E-state index contributed by atoms with van der Waals surface area (Å²) in [5.74, 6) is 0. The molecule has 4 rings (SSSR count). The summed E-state index contributed by atoms with van der Waals surface area (Å²) in [5.41, 5.74) is 5.32. The Morgan fingerprint density at radius 1 is 0.818 bits per heavy atom. The van der Waals surface area contributed by atoms with Crippen molar-refractivity contribution in [3.63, 3.8) is 0 Å². The van der Waals surface area contributed by atoms with E-state index in [0.717, 1.165) is 49.4 Å². The molecule has 1 aliphatic rings. The number of hydrogen-bond donors (Lipinski definition) is 2. The van der Waals surface area contributed by atoms with Crippen LogP contribution in [0.3, 0.4) is 0 Å². The van der Waals surface area contributed by atoms with E-state index < -0.39 is 10.0 Å². The first-order valence-corrected chi connectivity index (χ1v) is 13.2. The van der Waals surface area contributed by atoms with Gasteiger partial charge in [0.2, 0.25) is 10.0 Å². The van der Waals surface area contributed by atoms with Gasteiger partial charge in [-0.2, -0.15) is 0 Å². The summed E-state index contributed by atoms with van der Waals surface area (Å²) >= 11 is 0. The molecule has 0 bridgehead atoms. The van der Waals surface area contributed by atoms with E-state index >= 15 is 0 Å². The van der Waals surface area contributed by atoms with Gasteiger partial charge in [-0.25, -0.2) is 13.1 Å². The van der Waals surface area contributed by atoms with Gasteiger partial charge in [0, 0.05) is 26.2 Å². The largest absolute Gasteiger partial charge is 0.309 e. The second-order valence-corrected chi connectivity index (χ2v) is 10.5. The predicted octanol–water partition coefficient (Wildman–Crippen LogP) is 4.33. The van der Waals surface area contributed by atoms with Crippen LogP contribution in [0.1, 0.15) is 29.5 Å². The van der Waals surface area contributed by atoms with Crippen molar-refractivity contribution in [2.24, 2.45) is 0 Å². The molecular weight excluding hydrogens is 430 g/mol. The van der Waals surface area contributed by atoms with Gasteiger partial charge in [-0.3, -0.25) is 0 Å². The number of rotatable bonds is 10. The molecular formula is C27H33N3O2S. The summed E-state index contributed by atoms with van der Waals surface area (Å²) in [6.07, 6.45) is 2.41. The summed E-state index contributed by atoms with van der Waals surface area (Å²) in [7, 11) is -3.51. The van der Waals surface area contributed by atoms with Gasteiger partial charge in [-0.1, -0.05) is 60.7 Å². The van der Waals surface area contributed by atoms with E-state index in [4.69, 9.17) is 0 Å². The molecule has 0 saturated carbocycles. The normalized spacial score (nSPS) is 14.6. The van der Waals surface area contributed by atoms with E-state index in [0.29, 0.717) is 11.4 Å². The molecule has 33 heavy (non-hydrogen) atoms. The van der Waals surface area contributed by atoms with Crippen molar-refractivity contribution in [2.45, 2.75) is 37.8 Å². The Bertz CT molecular complexity index is 1160. The van der Waals surface area contributed by atoms with Gasteiger partial charge in [0.1, 0.15) is 0 Å². The summed E-state index contributed by atoms with van der Waals surface area (Å²) in [4.78, 5) is 2.66. The van der Waals surface area contributed by atoms with E-state index in [2.05, 4.69) is 51.3 Å². The zero-order chi connectivity index (χ0) is 23.1. The number of nitrogens with zero attached hydrogens (tertiary/aromatic N) is 1. The van der Waals surface area contributed by atoms with Crippen molar-refractivity contribution in [3.05, 3.63) is 89.5 Å². The van der Waals surface area contributed by atoms with Crippen LogP contribution in [0.15, 0.2) is 77.7 Å². The van der Waals surface area contributed by atoms with Crippen LogP contribution >= 0.6 is 0 Å². The van der Waals surface area contributed by atoms with Crippen molar-refractivity contribution in [1.29, 1.82) is 0 Å². The average molecular weight is 464 g/mol. The van der Waals surface area contributed by atoms with E-state index in [1.807, 2.05) is 37.3 Å². The van der Waals surface area contributed by atoms with Crippen molar-refractivity contribution < 1.29 is 8.42 Å². The molecule has 174 valence electrons. The van der Waals surface area contributed by atoms with Crippen LogP contribution < -0.4 is 10.0 Å². The number of nitrogens with one attached hydrogen (secondary N) is 2. The lowest BCUT2D eigenvalue weighted by Gasteiger charge is -2.16. The SMILES string of the molecule is Cc1cc(-c2cccc(CNCc3ccccc3)c2)ccc1S(=O)(=O)NCCN1CCCC1. The van der Waals surface area contributed by atoms with Crippen molar-refractivity contribution in [1.82, 2.24) is 14.9 Å². The first-order valence-electron chi connectivity index (χ1n) is 11.7. The smallest absolute Gasteiger partial charge is 0.240 e. The lowest BCUT2D eigenvalue weighted by atomic mass is 10.0. The Morgan fingerprint density at radius 2 is 1.52 bits per heavy atom. The monoisotopic (exact) mass is 463 g/mol. The molecule has 0 radical (unpaired) electrons. The maximum absolute atomic E-state index is 12.8. The van der Waals surface area contributed by atoms with Gasteiger partial charge in [0.15, 0.2) is 0 Å². The second-order valence-electron chi connectivity index (χ2n) is 8.72. The Kier molecular flexibility index (Phi) is 7.93. The van der Waals surface area contributed by atoms with Gasteiger partial charge < -0.3 is 10.2 Å². The van der Waals surface area contributed by atoms with Crippen LogP contribution in [-0.4, -0.2) is 39.5 Å². The minimum atomic E-state index is -3.51. The van der Waals surface area contributed by atoms with E-state index in [9.17, 15) is 8.42 Å². The lowest BCUT2D eigenvalue weighted by Crippen LogP contribution is -2.33. The van der Waals surface area contributed by atoms with E-state index in [1.54, 1.807) is 6.07 Å². The van der Waals surface area contributed by atoms with Crippen LogP contribution in [0.5, 0.6) is 0 Å². The molecule has 1 fully saturated rings. The number of sulfonamides is 1. The summed E-state index contributed by atoms with van der Waals surface area (Å²) in [5, 5.41) is 3.49. The lowest BCUT2D eigenvalue weighted by molar-refractivity contribution is 0.344. The molecule has 0 amide bonds. The molecule has 2 N–H and O–H groups in total. The number of aryl methyl sites for hydroxylation is 1. The number of hydrogen-bond acceptors (Lipinski definition) is 4. The molecule has 3 aromatic carbocycles. The molecule has 1 aliphatic heterocycles. The molecule has 1 heterocycles. The molecule has 0 unspecified atom stereocenters. The predicted molar refractivity (Wildman–Crippen MR) is 134 cm³/mol. The second kappa shape index (κ2) is 11.1. The van der Waals surface area contributed by atoms with Crippen LogP contribution in [-0.2, 0) is 23.1 Å². The minimum absolute atomic E-state index is 0.355. The van der Waals surface area contributed by atoms with Gasteiger partial charge in [-0.05, 0) is 72.8 Å². The average Bonchev–Trinajstić information content (AvgIpc) is 3.33. The Balaban J connectivity index is 1.39. The highest BCUT2D eigenvalue weighted by Gasteiger charge is 2.18. The summed E-state index contributed by atoms with van der Waals surface area (Å²) < 4.78 is 28.4. The molecule has 0 atom stereocenters. The third-order valence-electron chi connectivity index (χ3n) is 6.14. The molecule has 0 aliphatic carbocycles. The highest BCUT2D eigenvalue weighted by molar-refractivity contribution is 7.89. The van der Waals surface area contributed by atoms with Gasteiger partial charge in [-0.15, -0.1) is 0 Å². The Hall–Kier alpha value is -2.51. The van der Waals surface area contributed by atoms with Crippen LogP contribution in [0.2, 0.25) is 0 Å². The summed E-state index contributed by atoms with van der Waals surface area (Å²) in [6, 6.07) is 24.3. The highest BCUT2D eigenvalue weighted by atomic mass is 32.2. The van der Waals surface area contributed by atoms with Gasteiger partial charge >= 0.3 is 0 Å². The van der Waals surface area contributed by atoms with Crippen molar-refractivity contribution in [2.75, 3.05) is 26.2 Å². The van der Waals surface area contributed by atoms with Crippen LogP contribution in [0.25, 0.3) is 11.1 Å². The first-order chi connectivity index (χ1) is 16.0. The van der Waals surface area contributed by atoms with Crippen LogP contribution in [0, 0.1) is 6.92 Å². The first kappa shape index (κ1) is 23.6. The van der Waals surface area contributed by atoms with Gasteiger partial charge in [0.25, 0.3) is 0 Å². The fraction of sp³-hybridized carbons (Fsp3) is 0.333. The highest BCUT2D eigenvalue weighted by Crippen LogP contribution is 2.25. The standard InChI is InChI=1S/C27H33N3O2S/c1-22-18-26(12-13-27(22)33(31,32)29-14-17-30-15-5-6-16-30)25-11-7-10-24(19-25)21-28-20-23-8-3-2-4-9-23/h2-4,7-13,18-19,28-29H,5-6,14-17,20-21H2,1H3. The fourth-order valence-corrected chi connectivity index (χ4v) is 5.61. The van der Waals surface area contributed by atoms with Crippen molar-refractivity contribution >= 4 is 10.0 Å². The maximum Gasteiger partial charge on any atom is 0.240 e. The Labute approximate surface area is 197 Å². The topological polar surface area (TPSA) is 61.4 Å². The minimum Gasteiger partial charge on any atom is -0.309 e. The zero-order valence-electron chi connectivity index (χ0n) is 19.3. The van der Waals surface area contributed by atoms with Gasteiger partial charge in [0.05, 0.1) is 4.90 Å². The van der Waals surface area contributed by atoms with E-state index in [1.165, 1.54) is 24.0 Å². The molecule has 0 spiro atoms. The third-order valence-corrected chi connectivity index (χ3v) is 7.77. The molecule has 0 aromatic heterocycles. The van der Waals surface area contributed by atoms with E-state index in [-0.39, 0.29) is 0 Å². The number of benzene rings is 3. The quantitative estimate of drug-likeness (QED) is 0.470. The molecule has 3 aromatic rings. The zero-order valence-corrected chi connectivity index (χ0v) is 20.1. The van der Waals surface area contributed by atoms with Crippen molar-refractivity contribution in [3.8, 4) is 11.1 Å². The fourth-order valence-electron chi connectivity index (χ4n) is 4.36. The molecule has 5 nitrogen and oxygen atoms in total. The maximum atomic E-state index is 12.8.